The molecule has 2 fully saturated rings. The number of nitrogens with two attached hydrogens (primary N) is 1. The minimum Gasteiger partial charge on any atom is -0.354 e. The molecule has 4 heteroatoms. The molecule has 0 aromatic heterocycles. The lowest BCUT2D eigenvalue weighted by Crippen LogP contribution is -2.49. The second kappa shape index (κ2) is 8.74. The van der Waals surface area contributed by atoms with Crippen molar-refractivity contribution in [1.29, 1.82) is 0 Å². The summed E-state index contributed by atoms with van der Waals surface area (Å²) in [5, 5.41) is 3.07. The second-order valence-electron chi connectivity index (χ2n) is 7.01. The van der Waals surface area contributed by atoms with Gasteiger partial charge < -0.3 is 11.1 Å². The van der Waals surface area contributed by atoms with E-state index in [1.165, 1.54) is 58.0 Å². The number of carbonyl (C=O) groups is 1. The van der Waals surface area contributed by atoms with E-state index in [4.69, 9.17) is 5.73 Å². The van der Waals surface area contributed by atoms with Gasteiger partial charge in [0, 0.05) is 32.1 Å². The predicted octanol–water partition coefficient (Wildman–Crippen LogP) is 2.13. The van der Waals surface area contributed by atoms with Gasteiger partial charge in [-0.3, -0.25) is 9.69 Å². The molecule has 0 aromatic rings. The third-order valence-electron chi connectivity index (χ3n) is 5.41. The number of piperidine rings is 1. The molecule has 2 aliphatic rings. The van der Waals surface area contributed by atoms with Crippen LogP contribution in [0.3, 0.4) is 0 Å². The summed E-state index contributed by atoms with van der Waals surface area (Å²) in [6.45, 7) is 6.12. The van der Waals surface area contributed by atoms with Crippen LogP contribution in [0.2, 0.25) is 0 Å². The molecule has 0 radical (unpaired) electrons. The fourth-order valence-electron chi connectivity index (χ4n) is 3.95. The molecule has 0 bridgehead atoms. The van der Waals surface area contributed by atoms with E-state index in [9.17, 15) is 4.79 Å². The van der Waals surface area contributed by atoms with Crippen molar-refractivity contribution >= 4 is 5.91 Å². The number of nitrogens with one attached hydrogen (secondary N) is 1. The minimum absolute atomic E-state index is 0.106. The first-order valence-electron chi connectivity index (χ1n) is 8.91. The smallest absolute Gasteiger partial charge is 0.221 e. The highest BCUT2D eigenvalue weighted by atomic mass is 16.1. The quantitative estimate of drug-likeness (QED) is 0.789. The number of likely N-dealkylation sites (tertiary alicyclic amines) is 1. The first-order valence-corrected chi connectivity index (χ1v) is 8.91. The Labute approximate surface area is 129 Å². The molecule has 1 saturated heterocycles. The van der Waals surface area contributed by atoms with Crippen LogP contribution in [0.1, 0.15) is 58.3 Å². The molecule has 0 spiro atoms. The maximum absolute atomic E-state index is 11.6. The molecular formula is C17H33N3O. The van der Waals surface area contributed by atoms with Crippen molar-refractivity contribution in [1.82, 2.24) is 10.2 Å². The lowest BCUT2D eigenvalue weighted by atomic mass is 9.79. The zero-order valence-electron chi connectivity index (χ0n) is 13.7. The third-order valence-corrected chi connectivity index (χ3v) is 5.41. The highest BCUT2D eigenvalue weighted by Gasteiger charge is 2.28. The normalized spacial score (nSPS) is 31.0. The number of hydrogen-bond acceptors (Lipinski definition) is 3. The first-order chi connectivity index (χ1) is 10.2. The Bertz CT molecular complexity index is 321. The number of hydrogen-bond donors (Lipinski definition) is 2. The Morgan fingerprint density at radius 2 is 1.95 bits per heavy atom. The van der Waals surface area contributed by atoms with Crippen molar-refractivity contribution in [3.63, 3.8) is 0 Å². The van der Waals surface area contributed by atoms with Crippen LogP contribution in [-0.2, 0) is 4.79 Å². The van der Waals surface area contributed by atoms with Gasteiger partial charge in [-0.1, -0.05) is 32.6 Å². The molecule has 1 amide bonds. The van der Waals surface area contributed by atoms with E-state index in [1.807, 2.05) is 0 Å². The number of carbonyl (C=O) groups excluding carboxylic acids is 1. The Morgan fingerprint density at radius 1 is 1.19 bits per heavy atom. The zero-order valence-corrected chi connectivity index (χ0v) is 13.7. The van der Waals surface area contributed by atoms with Gasteiger partial charge in [0.05, 0.1) is 0 Å². The molecule has 1 heterocycles. The van der Waals surface area contributed by atoms with Gasteiger partial charge in [-0.15, -0.1) is 0 Å². The van der Waals surface area contributed by atoms with Crippen LogP contribution in [0.5, 0.6) is 0 Å². The summed E-state index contributed by atoms with van der Waals surface area (Å²) in [7, 11) is 0. The molecule has 3 N–H and O–H groups in total. The van der Waals surface area contributed by atoms with Crippen LogP contribution in [0.25, 0.3) is 0 Å². The van der Waals surface area contributed by atoms with Crippen LogP contribution in [0.4, 0.5) is 0 Å². The lowest BCUT2D eigenvalue weighted by Gasteiger charge is -2.40. The molecule has 1 saturated carbocycles. The van der Waals surface area contributed by atoms with Gasteiger partial charge in [0.25, 0.3) is 0 Å². The Balaban J connectivity index is 1.81. The molecule has 2 rings (SSSR count). The number of rotatable bonds is 6. The minimum atomic E-state index is 0.106. The van der Waals surface area contributed by atoms with Gasteiger partial charge in [0.15, 0.2) is 0 Å². The number of nitrogens with zero attached hydrogens (tertiary/aromatic N) is 1. The summed E-state index contributed by atoms with van der Waals surface area (Å²) >= 11 is 0. The van der Waals surface area contributed by atoms with Crippen molar-refractivity contribution in [2.75, 3.05) is 26.2 Å². The summed E-state index contributed by atoms with van der Waals surface area (Å²) in [4.78, 5) is 14.3. The van der Waals surface area contributed by atoms with Gasteiger partial charge in [0.2, 0.25) is 5.91 Å². The molecule has 21 heavy (non-hydrogen) atoms. The van der Waals surface area contributed by atoms with Crippen LogP contribution in [0, 0.1) is 11.8 Å². The first kappa shape index (κ1) is 16.8. The Morgan fingerprint density at radius 3 is 2.71 bits per heavy atom. The summed E-state index contributed by atoms with van der Waals surface area (Å²) in [5.74, 6) is 1.83. The van der Waals surface area contributed by atoms with Gasteiger partial charge in [-0.05, 0) is 37.6 Å². The van der Waals surface area contributed by atoms with E-state index >= 15 is 0 Å². The largest absolute Gasteiger partial charge is 0.354 e. The molecule has 0 aromatic carbocycles. The Kier molecular flexibility index (Phi) is 6.97. The Hall–Kier alpha value is -0.610. The molecule has 1 aliphatic heterocycles. The molecule has 1 aliphatic carbocycles. The van der Waals surface area contributed by atoms with Crippen molar-refractivity contribution in [2.24, 2.45) is 17.6 Å². The SMILES string of the molecule is CC1CCCCC1CN1CCCCC1CNC(=O)CCN. The second-order valence-corrected chi connectivity index (χ2v) is 7.01. The van der Waals surface area contributed by atoms with E-state index in [-0.39, 0.29) is 5.91 Å². The van der Waals surface area contributed by atoms with Gasteiger partial charge in [0.1, 0.15) is 0 Å². The van der Waals surface area contributed by atoms with Crippen molar-refractivity contribution in [3.05, 3.63) is 0 Å². The fraction of sp³-hybridized carbons (Fsp3) is 0.941. The van der Waals surface area contributed by atoms with Crippen LogP contribution in [-0.4, -0.2) is 43.0 Å². The molecular weight excluding hydrogens is 262 g/mol. The molecule has 4 nitrogen and oxygen atoms in total. The van der Waals surface area contributed by atoms with Crippen molar-refractivity contribution in [3.8, 4) is 0 Å². The summed E-state index contributed by atoms with van der Waals surface area (Å²) in [5.41, 5.74) is 5.43. The van der Waals surface area contributed by atoms with Gasteiger partial charge in [-0.25, -0.2) is 0 Å². The predicted molar refractivity (Wildman–Crippen MR) is 87.0 cm³/mol. The maximum Gasteiger partial charge on any atom is 0.221 e. The van der Waals surface area contributed by atoms with E-state index in [0.29, 0.717) is 19.0 Å². The average molecular weight is 295 g/mol. The maximum atomic E-state index is 11.6. The molecule has 3 atom stereocenters. The van der Waals surface area contributed by atoms with Crippen LogP contribution >= 0.6 is 0 Å². The summed E-state index contributed by atoms with van der Waals surface area (Å²) in [6, 6.07) is 0.537. The summed E-state index contributed by atoms with van der Waals surface area (Å²) in [6.07, 6.45) is 9.90. The number of amides is 1. The van der Waals surface area contributed by atoms with Gasteiger partial charge >= 0.3 is 0 Å². The lowest BCUT2D eigenvalue weighted by molar-refractivity contribution is -0.121. The standard InChI is InChI=1S/C17H33N3O/c1-14-6-2-3-7-15(14)13-20-11-5-4-8-16(20)12-19-17(21)9-10-18/h14-16H,2-13,18H2,1H3,(H,19,21). The van der Waals surface area contributed by atoms with Crippen LogP contribution < -0.4 is 11.1 Å². The third kappa shape index (κ3) is 5.26. The monoisotopic (exact) mass is 295 g/mol. The highest BCUT2D eigenvalue weighted by molar-refractivity contribution is 5.76. The molecule has 122 valence electrons. The topological polar surface area (TPSA) is 58.4 Å². The zero-order chi connectivity index (χ0) is 15.1. The van der Waals surface area contributed by atoms with E-state index in [1.54, 1.807) is 0 Å². The molecule has 3 unspecified atom stereocenters. The summed E-state index contributed by atoms with van der Waals surface area (Å²) < 4.78 is 0. The van der Waals surface area contributed by atoms with Crippen molar-refractivity contribution < 1.29 is 4.79 Å². The van der Waals surface area contributed by atoms with E-state index < -0.39 is 0 Å². The highest BCUT2D eigenvalue weighted by Crippen LogP contribution is 2.31. The van der Waals surface area contributed by atoms with E-state index in [0.717, 1.165) is 18.4 Å². The fourth-order valence-corrected chi connectivity index (χ4v) is 3.95. The van der Waals surface area contributed by atoms with Crippen LogP contribution in [0.15, 0.2) is 0 Å². The van der Waals surface area contributed by atoms with Gasteiger partial charge in [-0.2, -0.15) is 0 Å². The average Bonchev–Trinajstić information content (AvgIpc) is 2.49. The van der Waals surface area contributed by atoms with Crippen molar-refractivity contribution in [2.45, 2.75) is 64.3 Å². The van der Waals surface area contributed by atoms with E-state index in [2.05, 4.69) is 17.1 Å².